The monoisotopic (exact) mass is 354 g/mol. The summed E-state index contributed by atoms with van der Waals surface area (Å²) in [6.45, 7) is 7.26. The van der Waals surface area contributed by atoms with E-state index in [1.54, 1.807) is 0 Å². The second-order valence-electron chi connectivity index (χ2n) is 4.69. The molecule has 0 aliphatic carbocycles. The van der Waals surface area contributed by atoms with E-state index in [1.807, 2.05) is 9.80 Å². The van der Waals surface area contributed by atoms with Crippen LogP contribution < -0.4 is 22.1 Å². The molecule has 2 fully saturated rings. The smallest absolute Gasteiger partial charge is 0.370 e. The molecule has 0 aromatic rings. The van der Waals surface area contributed by atoms with Crippen LogP contribution >= 0.6 is 0 Å². The largest absolute Gasteiger partial charge is 0.394 e. The Morgan fingerprint density at radius 3 is 1.17 bits per heavy atom. The minimum atomic E-state index is -4.67. The fourth-order valence-corrected chi connectivity index (χ4v) is 1.81. The zero-order valence-electron chi connectivity index (χ0n) is 12.8. The van der Waals surface area contributed by atoms with E-state index in [1.165, 1.54) is 0 Å². The molecule has 0 spiro atoms. The van der Waals surface area contributed by atoms with Crippen LogP contribution in [0.4, 0.5) is 0 Å². The van der Waals surface area contributed by atoms with E-state index in [2.05, 4.69) is 10.6 Å². The van der Waals surface area contributed by atoms with Crippen LogP contribution in [0.5, 0.6) is 0 Å². The van der Waals surface area contributed by atoms with Gasteiger partial charge < -0.3 is 31.9 Å². The van der Waals surface area contributed by atoms with Gasteiger partial charge in [0.25, 0.3) is 0 Å². The summed E-state index contributed by atoms with van der Waals surface area (Å²) in [7, 11) is -4.67. The Kier molecular flexibility index (Phi) is 10.2. The molecule has 0 atom stereocenters. The van der Waals surface area contributed by atoms with Crippen LogP contribution in [-0.2, 0) is 10.4 Å². The van der Waals surface area contributed by atoms with Crippen molar-refractivity contribution in [3.05, 3.63) is 0 Å². The SMILES string of the molecule is N=C(N)N1CCNCC1.N=C(N)N1CCNCC1.O=S(=O)(O)O. The Morgan fingerprint density at radius 2 is 1.04 bits per heavy atom. The van der Waals surface area contributed by atoms with Crippen molar-refractivity contribution in [3.63, 3.8) is 0 Å². The molecular formula is C10H26N8O4S. The minimum Gasteiger partial charge on any atom is -0.370 e. The van der Waals surface area contributed by atoms with Gasteiger partial charge in [0.15, 0.2) is 11.9 Å². The molecule has 0 saturated carbocycles. The van der Waals surface area contributed by atoms with Gasteiger partial charge in [0, 0.05) is 52.4 Å². The molecule has 12 nitrogen and oxygen atoms in total. The third-order valence-electron chi connectivity index (χ3n) is 2.92. The van der Waals surface area contributed by atoms with Crippen molar-refractivity contribution < 1.29 is 17.5 Å². The van der Waals surface area contributed by atoms with Crippen molar-refractivity contribution >= 4 is 22.3 Å². The lowest BCUT2D eigenvalue weighted by Crippen LogP contribution is -2.48. The zero-order chi connectivity index (χ0) is 17.9. The molecule has 2 rings (SSSR count). The maximum Gasteiger partial charge on any atom is 0.394 e. The Labute approximate surface area is 135 Å². The Bertz CT molecular complexity index is 423. The fourth-order valence-electron chi connectivity index (χ4n) is 1.81. The van der Waals surface area contributed by atoms with Crippen LogP contribution in [0.2, 0.25) is 0 Å². The van der Waals surface area contributed by atoms with Gasteiger partial charge in [-0.1, -0.05) is 0 Å². The molecule has 0 unspecified atom stereocenters. The molecule has 2 heterocycles. The number of nitrogens with one attached hydrogen (secondary N) is 4. The summed E-state index contributed by atoms with van der Waals surface area (Å²) in [5, 5.41) is 20.5. The van der Waals surface area contributed by atoms with Crippen LogP contribution in [-0.4, -0.2) is 91.6 Å². The highest BCUT2D eigenvalue weighted by Crippen LogP contribution is 1.88. The van der Waals surface area contributed by atoms with Gasteiger partial charge >= 0.3 is 10.4 Å². The number of rotatable bonds is 0. The first kappa shape index (κ1) is 21.3. The normalized spacial score (nSPS) is 18.0. The molecule has 0 aromatic carbocycles. The first-order valence-electron chi connectivity index (χ1n) is 6.90. The van der Waals surface area contributed by atoms with Gasteiger partial charge in [0.2, 0.25) is 0 Å². The van der Waals surface area contributed by atoms with Gasteiger partial charge in [0.05, 0.1) is 0 Å². The van der Waals surface area contributed by atoms with Crippen molar-refractivity contribution in [3.8, 4) is 0 Å². The van der Waals surface area contributed by atoms with Gasteiger partial charge in [-0.3, -0.25) is 19.9 Å². The second-order valence-corrected chi connectivity index (χ2v) is 5.59. The molecule has 2 saturated heterocycles. The summed E-state index contributed by atoms with van der Waals surface area (Å²) >= 11 is 0. The molecular weight excluding hydrogens is 328 g/mol. The molecule has 0 aromatic heterocycles. The molecule has 0 bridgehead atoms. The Morgan fingerprint density at radius 1 is 0.826 bits per heavy atom. The molecule has 2 aliphatic heterocycles. The average Bonchev–Trinajstić information content (AvgIpc) is 2.48. The van der Waals surface area contributed by atoms with E-state index in [-0.39, 0.29) is 11.9 Å². The highest BCUT2D eigenvalue weighted by atomic mass is 32.3. The lowest BCUT2D eigenvalue weighted by Gasteiger charge is -2.27. The number of nitrogens with two attached hydrogens (primary N) is 2. The van der Waals surface area contributed by atoms with Crippen LogP contribution in [0.3, 0.4) is 0 Å². The molecule has 0 radical (unpaired) electrons. The van der Waals surface area contributed by atoms with Crippen molar-refractivity contribution in [1.82, 2.24) is 20.4 Å². The highest BCUT2D eigenvalue weighted by Gasteiger charge is 2.09. The van der Waals surface area contributed by atoms with Gasteiger partial charge in [-0.05, 0) is 0 Å². The molecule has 10 N–H and O–H groups in total. The lowest BCUT2D eigenvalue weighted by molar-refractivity contribution is 0.352. The molecule has 0 amide bonds. The Balaban J connectivity index is 0.000000332. The number of guanidine groups is 2. The molecule has 23 heavy (non-hydrogen) atoms. The molecule has 2 aliphatic rings. The summed E-state index contributed by atoms with van der Waals surface area (Å²) < 4.78 is 31.6. The van der Waals surface area contributed by atoms with E-state index < -0.39 is 10.4 Å². The fraction of sp³-hybridized carbons (Fsp3) is 0.800. The van der Waals surface area contributed by atoms with Gasteiger partial charge in [0.1, 0.15) is 0 Å². The van der Waals surface area contributed by atoms with E-state index in [9.17, 15) is 0 Å². The summed E-state index contributed by atoms with van der Waals surface area (Å²) in [4.78, 5) is 3.72. The summed E-state index contributed by atoms with van der Waals surface area (Å²) in [6.07, 6.45) is 0. The topological polar surface area (TPSA) is 205 Å². The van der Waals surface area contributed by atoms with Crippen LogP contribution in [0.1, 0.15) is 0 Å². The average molecular weight is 354 g/mol. The second kappa shape index (κ2) is 11.0. The third-order valence-corrected chi connectivity index (χ3v) is 2.92. The van der Waals surface area contributed by atoms with Gasteiger partial charge in [-0.15, -0.1) is 0 Å². The van der Waals surface area contributed by atoms with E-state index in [4.69, 9.17) is 39.8 Å². The van der Waals surface area contributed by atoms with Crippen molar-refractivity contribution in [2.24, 2.45) is 11.5 Å². The lowest BCUT2D eigenvalue weighted by atomic mass is 10.4. The number of hydrogen-bond acceptors (Lipinski definition) is 6. The third kappa shape index (κ3) is 13.7. The number of hydrogen-bond donors (Lipinski definition) is 8. The molecule has 13 heteroatoms. The van der Waals surface area contributed by atoms with Gasteiger partial charge in [-0.2, -0.15) is 8.42 Å². The van der Waals surface area contributed by atoms with Gasteiger partial charge in [-0.25, -0.2) is 0 Å². The zero-order valence-corrected chi connectivity index (χ0v) is 13.6. The van der Waals surface area contributed by atoms with Crippen LogP contribution in [0.25, 0.3) is 0 Å². The van der Waals surface area contributed by atoms with Crippen molar-refractivity contribution in [2.75, 3.05) is 52.4 Å². The first-order chi connectivity index (χ1) is 10.6. The quantitative estimate of drug-likeness (QED) is 0.125. The standard InChI is InChI=1S/2C5H12N4.H2O4S/c2*6-5(7)9-3-1-8-2-4-9;1-5(2,3)4/h2*8H,1-4H2,(H3,6,7);(H2,1,2,3,4). The Hall–Kier alpha value is -1.67. The first-order valence-corrected chi connectivity index (χ1v) is 8.30. The van der Waals surface area contributed by atoms with Crippen LogP contribution in [0.15, 0.2) is 0 Å². The van der Waals surface area contributed by atoms with E-state index in [0.29, 0.717) is 0 Å². The predicted molar refractivity (Wildman–Crippen MR) is 86.9 cm³/mol. The number of nitrogens with zero attached hydrogens (tertiary/aromatic N) is 2. The summed E-state index contributed by atoms with van der Waals surface area (Å²) in [5.41, 5.74) is 10.5. The number of piperazine rings is 2. The highest BCUT2D eigenvalue weighted by molar-refractivity contribution is 7.79. The maximum absolute atomic E-state index is 8.74. The maximum atomic E-state index is 8.74. The van der Waals surface area contributed by atoms with Crippen molar-refractivity contribution in [1.29, 1.82) is 10.8 Å². The minimum absolute atomic E-state index is 0.191. The van der Waals surface area contributed by atoms with E-state index >= 15 is 0 Å². The van der Waals surface area contributed by atoms with E-state index in [0.717, 1.165) is 52.4 Å². The molecule has 136 valence electrons. The van der Waals surface area contributed by atoms with Crippen molar-refractivity contribution in [2.45, 2.75) is 0 Å². The summed E-state index contributed by atoms with van der Waals surface area (Å²) in [6, 6.07) is 0. The predicted octanol–water partition coefficient (Wildman–Crippen LogP) is -3.08. The summed E-state index contributed by atoms with van der Waals surface area (Å²) in [5.74, 6) is 0.382. The van der Waals surface area contributed by atoms with Crippen LogP contribution in [0, 0.1) is 10.8 Å².